The third-order valence-electron chi connectivity index (χ3n) is 4.58. The number of carbonyl (C=O) groups excluding carboxylic acids is 1. The van der Waals surface area contributed by atoms with Crippen LogP contribution in [0.3, 0.4) is 0 Å². The Labute approximate surface area is 185 Å². The zero-order chi connectivity index (χ0) is 22.3. The van der Waals surface area contributed by atoms with Crippen molar-refractivity contribution in [3.05, 3.63) is 65.2 Å². The molecular weight excluding hydrogens is 436 g/mol. The van der Waals surface area contributed by atoms with Crippen LogP contribution in [0.15, 0.2) is 59.5 Å². The van der Waals surface area contributed by atoms with Gasteiger partial charge >= 0.3 is 0 Å². The number of aromatic nitrogens is 2. The normalized spacial score (nSPS) is 12.3. The summed E-state index contributed by atoms with van der Waals surface area (Å²) in [6.07, 6.45) is 0.698. The summed E-state index contributed by atoms with van der Waals surface area (Å²) >= 11 is 1.32. The van der Waals surface area contributed by atoms with Gasteiger partial charge in [0.2, 0.25) is 21.1 Å². The number of ether oxygens (including phenoxy) is 1. The molecule has 2 aromatic carbocycles. The molecule has 3 rings (SSSR count). The lowest BCUT2D eigenvalue weighted by Crippen LogP contribution is -2.27. The Morgan fingerprint density at radius 1 is 1.10 bits per heavy atom. The minimum atomic E-state index is -3.70. The molecule has 0 radical (unpaired) electrons. The van der Waals surface area contributed by atoms with Gasteiger partial charge in [-0.05, 0) is 35.7 Å². The summed E-state index contributed by atoms with van der Waals surface area (Å²) in [5.41, 5.74) is 1.22. The summed E-state index contributed by atoms with van der Waals surface area (Å²) in [6.45, 7) is 2.08. The van der Waals surface area contributed by atoms with Crippen molar-refractivity contribution in [1.29, 1.82) is 0 Å². The Bertz CT molecular complexity index is 1100. The molecule has 0 saturated heterocycles. The van der Waals surface area contributed by atoms with Crippen molar-refractivity contribution in [3.63, 3.8) is 0 Å². The molecule has 0 fully saturated rings. The number of benzene rings is 2. The number of methoxy groups -OCH3 is 1. The van der Waals surface area contributed by atoms with Gasteiger partial charge in [0.15, 0.2) is 0 Å². The molecule has 0 spiro atoms. The first-order valence-electron chi connectivity index (χ1n) is 9.68. The lowest BCUT2D eigenvalue weighted by molar-refractivity contribution is -0.116. The van der Waals surface area contributed by atoms with Gasteiger partial charge in [0.05, 0.1) is 12.0 Å². The van der Waals surface area contributed by atoms with Gasteiger partial charge < -0.3 is 10.1 Å². The van der Waals surface area contributed by atoms with Gasteiger partial charge in [-0.1, -0.05) is 48.6 Å². The van der Waals surface area contributed by atoms with E-state index in [0.29, 0.717) is 10.9 Å². The first-order valence-corrected chi connectivity index (χ1v) is 12.0. The van der Waals surface area contributed by atoms with Crippen LogP contribution in [0.25, 0.3) is 0 Å². The standard InChI is InChI=1S/C21H24N4O4S2/c1-15(16-6-4-3-5-7-16)14-20-24-25-21(30-20)23-19(26)12-13-22-31(27,28)18-10-8-17(29-2)9-11-18/h3-11,15,22H,12-14H2,1-2H3,(H,23,25,26). The van der Waals surface area contributed by atoms with Crippen molar-refractivity contribution in [2.75, 3.05) is 19.0 Å². The molecule has 164 valence electrons. The highest BCUT2D eigenvalue weighted by Crippen LogP contribution is 2.24. The Morgan fingerprint density at radius 2 is 1.81 bits per heavy atom. The summed E-state index contributed by atoms with van der Waals surface area (Å²) in [5, 5.41) is 12.0. The Hall–Kier alpha value is -2.82. The van der Waals surface area contributed by atoms with Gasteiger partial charge in [-0.3, -0.25) is 4.79 Å². The van der Waals surface area contributed by atoms with Gasteiger partial charge in [0.25, 0.3) is 0 Å². The topological polar surface area (TPSA) is 110 Å². The molecule has 1 aromatic heterocycles. The van der Waals surface area contributed by atoms with E-state index >= 15 is 0 Å². The second kappa shape index (κ2) is 10.5. The van der Waals surface area contributed by atoms with E-state index in [1.165, 1.54) is 36.1 Å². The van der Waals surface area contributed by atoms with E-state index in [1.54, 1.807) is 12.1 Å². The maximum Gasteiger partial charge on any atom is 0.240 e. The van der Waals surface area contributed by atoms with Gasteiger partial charge in [-0.15, -0.1) is 10.2 Å². The number of rotatable bonds is 10. The molecule has 1 amide bonds. The molecule has 8 nitrogen and oxygen atoms in total. The van der Waals surface area contributed by atoms with E-state index in [9.17, 15) is 13.2 Å². The fourth-order valence-corrected chi connectivity index (χ4v) is 4.78. The van der Waals surface area contributed by atoms with Crippen molar-refractivity contribution in [1.82, 2.24) is 14.9 Å². The minimum absolute atomic E-state index is 0.0231. The second-order valence-electron chi connectivity index (χ2n) is 6.89. The van der Waals surface area contributed by atoms with Gasteiger partial charge in [-0.2, -0.15) is 0 Å². The van der Waals surface area contributed by atoms with Gasteiger partial charge in [-0.25, -0.2) is 13.1 Å². The highest BCUT2D eigenvalue weighted by molar-refractivity contribution is 7.89. The monoisotopic (exact) mass is 460 g/mol. The first-order chi connectivity index (χ1) is 14.9. The van der Waals surface area contributed by atoms with Crippen LogP contribution in [0.4, 0.5) is 5.13 Å². The number of carbonyl (C=O) groups is 1. The molecular formula is C21H24N4O4S2. The summed E-state index contributed by atoms with van der Waals surface area (Å²) in [4.78, 5) is 12.3. The zero-order valence-electron chi connectivity index (χ0n) is 17.2. The number of anilines is 1. The fourth-order valence-electron chi connectivity index (χ4n) is 2.87. The summed E-state index contributed by atoms with van der Waals surface area (Å²) in [7, 11) is -2.20. The van der Waals surface area contributed by atoms with Crippen molar-refractivity contribution in [2.45, 2.75) is 30.6 Å². The van der Waals surface area contributed by atoms with Crippen LogP contribution in [0, 0.1) is 0 Å². The smallest absolute Gasteiger partial charge is 0.240 e. The number of nitrogens with zero attached hydrogens (tertiary/aromatic N) is 2. The van der Waals surface area contributed by atoms with Crippen molar-refractivity contribution >= 4 is 32.4 Å². The van der Waals surface area contributed by atoms with E-state index in [1.807, 2.05) is 18.2 Å². The summed E-state index contributed by atoms with van der Waals surface area (Å²) in [6, 6.07) is 16.1. The molecule has 0 bridgehead atoms. The zero-order valence-corrected chi connectivity index (χ0v) is 18.9. The Kier molecular flexibility index (Phi) is 7.72. The molecule has 0 aliphatic carbocycles. The van der Waals surface area contributed by atoms with Crippen molar-refractivity contribution in [2.24, 2.45) is 0 Å². The lowest BCUT2D eigenvalue weighted by atomic mass is 9.98. The molecule has 1 heterocycles. The van der Waals surface area contributed by atoms with E-state index in [0.717, 1.165) is 11.4 Å². The fraction of sp³-hybridized carbons (Fsp3) is 0.286. The third kappa shape index (κ3) is 6.58. The average molecular weight is 461 g/mol. The number of hydrogen-bond acceptors (Lipinski definition) is 7. The van der Waals surface area contributed by atoms with Crippen LogP contribution in [0.2, 0.25) is 0 Å². The molecule has 10 heteroatoms. The van der Waals surface area contributed by atoms with Crippen LogP contribution in [0.5, 0.6) is 5.75 Å². The predicted molar refractivity (Wildman–Crippen MR) is 120 cm³/mol. The van der Waals surface area contributed by atoms with Crippen LogP contribution in [-0.4, -0.2) is 38.2 Å². The van der Waals surface area contributed by atoms with E-state index in [4.69, 9.17) is 4.74 Å². The van der Waals surface area contributed by atoms with Crippen LogP contribution in [-0.2, 0) is 21.2 Å². The van der Waals surface area contributed by atoms with Gasteiger partial charge in [0.1, 0.15) is 10.8 Å². The second-order valence-corrected chi connectivity index (χ2v) is 9.72. The molecule has 0 aliphatic heterocycles. The predicted octanol–water partition coefficient (Wildman–Crippen LogP) is 3.20. The number of nitrogens with one attached hydrogen (secondary N) is 2. The molecule has 2 N–H and O–H groups in total. The molecule has 0 saturated carbocycles. The van der Waals surface area contributed by atoms with Crippen LogP contribution < -0.4 is 14.8 Å². The van der Waals surface area contributed by atoms with E-state index in [2.05, 4.69) is 39.3 Å². The largest absolute Gasteiger partial charge is 0.497 e. The quantitative estimate of drug-likeness (QED) is 0.481. The minimum Gasteiger partial charge on any atom is -0.497 e. The summed E-state index contributed by atoms with van der Waals surface area (Å²) in [5.74, 6) is 0.509. The average Bonchev–Trinajstić information content (AvgIpc) is 3.20. The molecule has 0 aliphatic rings. The maximum absolute atomic E-state index is 12.3. The van der Waals surface area contributed by atoms with Gasteiger partial charge in [0, 0.05) is 19.4 Å². The highest BCUT2D eigenvalue weighted by atomic mass is 32.2. The molecule has 3 aromatic rings. The molecule has 1 unspecified atom stereocenters. The van der Waals surface area contributed by atoms with Crippen LogP contribution >= 0.6 is 11.3 Å². The van der Waals surface area contributed by atoms with Crippen molar-refractivity contribution in [3.8, 4) is 5.75 Å². The Balaban J connectivity index is 1.46. The van der Waals surface area contributed by atoms with Crippen LogP contribution in [0.1, 0.15) is 29.8 Å². The SMILES string of the molecule is COc1ccc(S(=O)(=O)NCCC(=O)Nc2nnc(CC(C)c3ccccc3)s2)cc1. The molecule has 1 atom stereocenters. The first kappa shape index (κ1) is 22.9. The highest BCUT2D eigenvalue weighted by Gasteiger charge is 2.16. The lowest BCUT2D eigenvalue weighted by Gasteiger charge is -2.08. The number of sulfonamides is 1. The summed E-state index contributed by atoms with van der Waals surface area (Å²) < 4.78 is 32.0. The number of amides is 1. The van der Waals surface area contributed by atoms with E-state index < -0.39 is 10.0 Å². The molecule has 31 heavy (non-hydrogen) atoms. The van der Waals surface area contributed by atoms with Crippen molar-refractivity contribution < 1.29 is 17.9 Å². The van der Waals surface area contributed by atoms with E-state index in [-0.39, 0.29) is 29.7 Å². The maximum atomic E-state index is 12.3. The Morgan fingerprint density at radius 3 is 2.48 bits per heavy atom. The third-order valence-corrected chi connectivity index (χ3v) is 6.91. The number of hydrogen-bond donors (Lipinski definition) is 2.